The van der Waals surface area contributed by atoms with Gasteiger partial charge >= 0.3 is 0 Å². The second-order valence-corrected chi connectivity index (χ2v) is 10.5. The van der Waals surface area contributed by atoms with Crippen molar-refractivity contribution < 1.29 is 14.6 Å². The third-order valence-electron chi connectivity index (χ3n) is 5.16. The summed E-state index contributed by atoms with van der Waals surface area (Å²) >= 11 is 1.57. The number of carbonyl (C=O) groups is 1. The number of nitrogens with zero attached hydrogens (tertiary/aromatic N) is 2. The average molecular weight is 405 g/mol. The van der Waals surface area contributed by atoms with E-state index in [0.29, 0.717) is 24.8 Å². The number of carbonyl (C=O) groups excluding carboxylic acids is 1. The number of rotatable bonds is 2. The van der Waals surface area contributed by atoms with Crippen molar-refractivity contribution in [3.63, 3.8) is 0 Å². The molecule has 1 aromatic rings. The molecule has 0 aliphatic carbocycles. The van der Waals surface area contributed by atoms with Gasteiger partial charge in [-0.1, -0.05) is 53.3 Å². The van der Waals surface area contributed by atoms with Crippen molar-refractivity contribution in [2.75, 3.05) is 32.2 Å². The Hall–Kier alpha value is -1.50. The molecule has 0 saturated carbocycles. The third-order valence-corrected chi connectivity index (χ3v) is 6.14. The molecular formula is C22H32N2O3S. The Bertz CT molecular complexity index is 749. The molecule has 28 heavy (non-hydrogen) atoms. The molecule has 6 heteroatoms. The lowest BCUT2D eigenvalue weighted by Crippen LogP contribution is -2.49. The maximum Gasteiger partial charge on any atom is 0.275 e. The van der Waals surface area contributed by atoms with Crippen LogP contribution in [-0.2, 0) is 20.4 Å². The number of aromatic hydroxyl groups is 1. The Labute approximate surface area is 172 Å². The van der Waals surface area contributed by atoms with Gasteiger partial charge in [-0.3, -0.25) is 9.80 Å². The Kier molecular flexibility index (Phi) is 5.86. The number of thioether (sulfide) groups is 1. The van der Waals surface area contributed by atoms with E-state index in [9.17, 15) is 9.90 Å². The standard InChI is InChI=1S/C22H32N2O3S/c1-21(2,3)16-11-15(12-17(19(16)25)22(4,5)6)13-18-20(26)24(14-28-18)23-7-9-27-10-8-23/h11-13,25H,7-10,14H2,1-6H3. The minimum atomic E-state index is -0.189. The van der Waals surface area contributed by atoms with Gasteiger partial charge in [-0.15, -0.1) is 0 Å². The molecule has 3 rings (SSSR count). The summed E-state index contributed by atoms with van der Waals surface area (Å²) in [7, 11) is 0. The highest BCUT2D eigenvalue weighted by atomic mass is 32.2. The summed E-state index contributed by atoms with van der Waals surface area (Å²) in [5, 5.41) is 14.8. The molecule has 154 valence electrons. The lowest BCUT2D eigenvalue weighted by atomic mass is 9.78. The normalized spacial score (nSPS) is 21.0. The zero-order valence-electron chi connectivity index (χ0n) is 17.8. The van der Waals surface area contributed by atoms with Crippen molar-refractivity contribution in [2.24, 2.45) is 0 Å². The fourth-order valence-corrected chi connectivity index (χ4v) is 4.51. The van der Waals surface area contributed by atoms with Crippen molar-refractivity contribution in [2.45, 2.75) is 52.4 Å². The zero-order valence-corrected chi connectivity index (χ0v) is 18.7. The number of benzene rings is 1. The molecular weight excluding hydrogens is 372 g/mol. The van der Waals surface area contributed by atoms with Crippen LogP contribution in [0.5, 0.6) is 5.75 Å². The Balaban J connectivity index is 1.96. The summed E-state index contributed by atoms with van der Waals surface area (Å²) < 4.78 is 5.39. The highest BCUT2D eigenvalue weighted by Crippen LogP contribution is 2.41. The monoisotopic (exact) mass is 404 g/mol. The number of morpholine rings is 1. The first-order valence-corrected chi connectivity index (χ1v) is 10.8. The molecule has 0 bridgehead atoms. The minimum absolute atomic E-state index is 0.0505. The highest BCUT2D eigenvalue weighted by Gasteiger charge is 2.33. The summed E-state index contributed by atoms with van der Waals surface area (Å²) in [6, 6.07) is 4.03. The first-order valence-electron chi connectivity index (χ1n) is 9.85. The van der Waals surface area contributed by atoms with E-state index >= 15 is 0 Å². The largest absolute Gasteiger partial charge is 0.507 e. The summed E-state index contributed by atoms with van der Waals surface area (Å²) in [4.78, 5) is 13.7. The summed E-state index contributed by atoms with van der Waals surface area (Å²) in [5.74, 6) is 1.05. The van der Waals surface area contributed by atoms with Gasteiger partial charge in [-0.2, -0.15) is 0 Å². The van der Waals surface area contributed by atoms with Gasteiger partial charge in [0.25, 0.3) is 5.91 Å². The van der Waals surface area contributed by atoms with Crippen molar-refractivity contribution in [3.05, 3.63) is 33.7 Å². The van der Waals surface area contributed by atoms with Crippen molar-refractivity contribution in [1.82, 2.24) is 10.0 Å². The predicted octanol–water partition coefficient (Wildman–Crippen LogP) is 4.11. The molecule has 2 heterocycles. The van der Waals surface area contributed by atoms with Gasteiger partial charge in [0.1, 0.15) is 5.75 Å². The molecule has 0 aromatic heterocycles. The number of hydrazine groups is 1. The highest BCUT2D eigenvalue weighted by molar-refractivity contribution is 8.04. The molecule has 2 saturated heterocycles. The first-order chi connectivity index (χ1) is 13.0. The predicted molar refractivity (Wildman–Crippen MR) is 115 cm³/mol. The fraction of sp³-hybridized carbons (Fsp3) is 0.591. The smallest absolute Gasteiger partial charge is 0.275 e. The number of ether oxygens (including phenoxy) is 1. The van der Waals surface area contributed by atoms with Gasteiger partial charge in [0.05, 0.1) is 24.0 Å². The van der Waals surface area contributed by atoms with Gasteiger partial charge in [-0.05, 0) is 34.6 Å². The Morgan fingerprint density at radius 3 is 2.07 bits per heavy atom. The van der Waals surface area contributed by atoms with Gasteiger partial charge in [0, 0.05) is 24.2 Å². The van der Waals surface area contributed by atoms with Crippen LogP contribution in [0.1, 0.15) is 58.2 Å². The van der Waals surface area contributed by atoms with Crippen LogP contribution >= 0.6 is 11.8 Å². The second kappa shape index (κ2) is 7.73. The van der Waals surface area contributed by atoms with E-state index in [1.165, 1.54) is 0 Å². The molecule has 1 aromatic carbocycles. The minimum Gasteiger partial charge on any atom is -0.507 e. The summed E-state index contributed by atoms with van der Waals surface area (Å²) in [5.41, 5.74) is 2.41. The molecule has 2 aliphatic rings. The third kappa shape index (κ3) is 4.39. The molecule has 0 spiro atoms. The van der Waals surface area contributed by atoms with Gasteiger partial charge < -0.3 is 9.84 Å². The molecule has 0 unspecified atom stereocenters. The van der Waals surface area contributed by atoms with Crippen molar-refractivity contribution >= 4 is 23.7 Å². The second-order valence-electron chi connectivity index (χ2n) is 9.52. The van der Waals surface area contributed by atoms with Crippen LogP contribution in [0.15, 0.2) is 17.0 Å². The van der Waals surface area contributed by atoms with E-state index in [4.69, 9.17) is 4.74 Å². The Morgan fingerprint density at radius 1 is 1.04 bits per heavy atom. The van der Waals surface area contributed by atoms with E-state index in [1.807, 2.05) is 23.2 Å². The lowest BCUT2D eigenvalue weighted by molar-refractivity contribution is -0.147. The van der Waals surface area contributed by atoms with Crippen LogP contribution in [0.3, 0.4) is 0 Å². The SMILES string of the molecule is CC(C)(C)c1cc(C=C2SCN(N3CCOCC3)C2=O)cc(C(C)(C)C)c1O. The number of phenols is 1. The molecule has 1 N–H and O–H groups in total. The topological polar surface area (TPSA) is 53.0 Å². The van der Waals surface area contributed by atoms with Crippen LogP contribution < -0.4 is 0 Å². The maximum absolute atomic E-state index is 12.9. The van der Waals surface area contributed by atoms with E-state index in [-0.39, 0.29) is 16.7 Å². The first kappa shape index (κ1) is 21.2. The van der Waals surface area contributed by atoms with E-state index in [2.05, 4.69) is 46.6 Å². The van der Waals surface area contributed by atoms with Gasteiger partial charge in [0.15, 0.2) is 0 Å². The number of phenolic OH excluding ortho intramolecular Hbond substituents is 1. The number of hydrogen-bond donors (Lipinski definition) is 1. The molecule has 2 aliphatic heterocycles. The van der Waals surface area contributed by atoms with Crippen LogP contribution in [-0.4, -0.2) is 53.2 Å². The van der Waals surface area contributed by atoms with Crippen molar-refractivity contribution in [3.8, 4) is 5.75 Å². The van der Waals surface area contributed by atoms with Gasteiger partial charge in [0.2, 0.25) is 0 Å². The van der Waals surface area contributed by atoms with E-state index in [1.54, 1.807) is 11.8 Å². The molecule has 1 amide bonds. The molecule has 0 radical (unpaired) electrons. The Morgan fingerprint density at radius 2 is 1.57 bits per heavy atom. The van der Waals surface area contributed by atoms with E-state index in [0.717, 1.165) is 34.7 Å². The summed E-state index contributed by atoms with van der Waals surface area (Å²) in [6.07, 6.45) is 1.97. The van der Waals surface area contributed by atoms with E-state index < -0.39 is 0 Å². The van der Waals surface area contributed by atoms with Crippen LogP contribution in [0.2, 0.25) is 0 Å². The van der Waals surface area contributed by atoms with Crippen molar-refractivity contribution in [1.29, 1.82) is 0 Å². The number of hydrogen-bond acceptors (Lipinski definition) is 5. The molecule has 0 atom stereocenters. The summed E-state index contributed by atoms with van der Waals surface area (Å²) in [6.45, 7) is 15.4. The molecule has 2 fully saturated rings. The molecule has 5 nitrogen and oxygen atoms in total. The van der Waals surface area contributed by atoms with Gasteiger partial charge in [-0.25, -0.2) is 5.01 Å². The fourth-order valence-electron chi connectivity index (χ4n) is 3.52. The van der Waals surface area contributed by atoms with Crippen LogP contribution in [0.4, 0.5) is 0 Å². The zero-order chi connectivity index (χ0) is 20.7. The van der Waals surface area contributed by atoms with Crippen LogP contribution in [0.25, 0.3) is 6.08 Å². The van der Waals surface area contributed by atoms with Crippen LogP contribution in [0, 0.1) is 0 Å². The maximum atomic E-state index is 12.9. The quantitative estimate of drug-likeness (QED) is 0.752. The average Bonchev–Trinajstić information content (AvgIpc) is 2.95. The number of amides is 1. The lowest BCUT2D eigenvalue weighted by Gasteiger charge is -2.33.